The van der Waals surface area contributed by atoms with Crippen LogP contribution < -0.4 is 9.50 Å². The zero-order valence-corrected chi connectivity index (χ0v) is 17.7. The summed E-state index contributed by atoms with van der Waals surface area (Å²) >= 11 is 0. The van der Waals surface area contributed by atoms with Crippen molar-refractivity contribution in [3.8, 4) is 5.88 Å². The molecule has 16 heteroatoms. The summed E-state index contributed by atoms with van der Waals surface area (Å²) in [5.41, 5.74) is -9.33. The van der Waals surface area contributed by atoms with Gasteiger partial charge < -0.3 is 19.0 Å². The maximum absolute atomic E-state index is 13.0. The lowest BCUT2D eigenvalue weighted by Gasteiger charge is -2.23. The number of alkyl halides is 6. The number of halogens is 6. The molecule has 0 fully saturated rings. The topological polar surface area (TPSA) is 121 Å². The number of nitrogens with one attached hydrogen (secondary N) is 1. The average Bonchev–Trinajstić information content (AvgIpc) is 2.58. The fourth-order valence-electron chi connectivity index (χ4n) is 2.03. The Morgan fingerprint density at radius 3 is 2.12 bits per heavy atom. The summed E-state index contributed by atoms with van der Waals surface area (Å²) in [5, 5.41) is 1.98. The van der Waals surface area contributed by atoms with Crippen molar-refractivity contribution in [1.82, 2.24) is 10.3 Å². The number of esters is 1. The Bertz CT molecular complexity index is 955. The van der Waals surface area contributed by atoms with E-state index in [0.717, 1.165) is 7.11 Å². The predicted octanol–water partition coefficient (Wildman–Crippen LogP) is 2.94. The molecule has 1 amide bonds. The standard InChI is InChI=1S/C16H18F6N2O7S/c1-14(2,3)30-13(26)24-10(12(25)29-4)6-8-5-9(15(17,18)19)7-23-11(8)31-32(27,28)16(20,21)22/h5,7,10H,6H2,1-4H3,(H,24,26). The van der Waals surface area contributed by atoms with E-state index < -0.39 is 68.9 Å². The highest BCUT2D eigenvalue weighted by Crippen LogP contribution is 2.33. The molecule has 1 unspecified atom stereocenters. The molecule has 0 aliphatic rings. The molecule has 1 N–H and O–H groups in total. The minimum Gasteiger partial charge on any atom is -0.467 e. The third kappa shape index (κ3) is 7.72. The molecule has 1 aromatic rings. The molecule has 32 heavy (non-hydrogen) atoms. The van der Waals surface area contributed by atoms with Crippen LogP contribution in [0, 0.1) is 0 Å². The first-order valence-electron chi connectivity index (χ1n) is 8.41. The molecule has 0 aliphatic heterocycles. The van der Waals surface area contributed by atoms with Gasteiger partial charge in [0.15, 0.2) is 0 Å². The summed E-state index contributed by atoms with van der Waals surface area (Å²) in [7, 11) is -5.44. The van der Waals surface area contributed by atoms with Crippen LogP contribution in [0.3, 0.4) is 0 Å². The fraction of sp³-hybridized carbons (Fsp3) is 0.562. The Morgan fingerprint density at radius 1 is 1.12 bits per heavy atom. The number of methoxy groups -OCH3 is 1. The number of nitrogens with zero attached hydrogens (tertiary/aromatic N) is 1. The van der Waals surface area contributed by atoms with Crippen LogP contribution in [0.4, 0.5) is 31.1 Å². The summed E-state index contributed by atoms with van der Waals surface area (Å²) in [6.45, 7) is 4.39. The van der Waals surface area contributed by atoms with Crippen LogP contribution >= 0.6 is 0 Å². The molecule has 0 aromatic carbocycles. The molecule has 1 heterocycles. The minimum absolute atomic E-state index is 0.0408. The van der Waals surface area contributed by atoms with Crippen LogP contribution in [-0.4, -0.2) is 49.7 Å². The SMILES string of the molecule is COC(=O)C(Cc1cc(C(F)(F)F)cnc1OS(=O)(=O)C(F)(F)F)NC(=O)OC(C)(C)C. The van der Waals surface area contributed by atoms with Crippen LogP contribution in [0.5, 0.6) is 5.88 Å². The van der Waals surface area contributed by atoms with Crippen molar-refractivity contribution >= 4 is 22.2 Å². The number of hydrogen-bond donors (Lipinski definition) is 1. The van der Waals surface area contributed by atoms with E-state index in [2.05, 4.69) is 13.9 Å². The number of hydrogen-bond acceptors (Lipinski definition) is 8. The number of carbonyl (C=O) groups is 2. The van der Waals surface area contributed by atoms with Crippen LogP contribution in [0.1, 0.15) is 31.9 Å². The molecular weight excluding hydrogens is 478 g/mol. The van der Waals surface area contributed by atoms with E-state index in [9.17, 15) is 44.3 Å². The zero-order chi connectivity index (χ0) is 25.1. The van der Waals surface area contributed by atoms with Crippen LogP contribution in [-0.2, 0) is 37.0 Å². The number of alkyl carbamates (subject to hydrolysis) is 1. The summed E-state index contributed by atoms with van der Waals surface area (Å²) < 4.78 is 113. The zero-order valence-electron chi connectivity index (χ0n) is 16.9. The van der Waals surface area contributed by atoms with Gasteiger partial charge in [-0.25, -0.2) is 14.6 Å². The van der Waals surface area contributed by atoms with Crippen molar-refractivity contribution < 1.29 is 58.0 Å². The van der Waals surface area contributed by atoms with Gasteiger partial charge >= 0.3 is 33.9 Å². The third-order valence-corrected chi connectivity index (χ3v) is 4.27. The highest BCUT2D eigenvalue weighted by molar-refractivity contribution is 7.87. The summed E-state index contributed by atoms with van der Waals surface area (Å²) in [6.07, 6.45) is -7.18. The average molecular weight is 496 g/mol. The van der Waals surface area contributed by atoms with Crippen molar-refractivity contribution in [2.45, 2.75) is 50.5 Å². The Hall–Kier alpha value is -2.78. The molecule has 1 aromatic heterocycles. The highest BCUT2D eigenvalue weighted by atomic mass is 32.2. The Labute approximate surface area is 178 Å². The lowest BCUT2D eigenvalue weighted by molar-refractivity contribution is -0.143. The molecule has 1 rings (SSSR count). The van der Waals surface area contributed by atoms with Gasteiger partial charge in [0.25, 0.3) is 0 Å². The second-order valence-corrected chi connectivity index (χ2v) is 8.63. The predicted molar refractivity (Wildman–Crippen MR) is 93.7 cm³/mol. The largest absolute Gasteiger partial charge is 0.534 e. The van der Waals surface area contributed by atoms with Crippen LogP contribution in [0.15, 0.2) is 12.3 Å². The molecule has 182 valence electrons. The van der Waals surface area contributed by atoms with Gasteiger partial charge in [-0.05, 0) is 26.8 Å². The monoisotopic (exact) mass is 496 g/mol. The van der Waals surface area contributed by atoms with Gasteiger partial charge in [-0.15, -0.1) is 0 Å². The normalized spacial score (nSPS) is 13.8. The summed E-state index contributed by atoms with van der Waals surface area (Å²) in [6, 6.07) is -1.57. The smallest absolute Gasteiger partial charge is 0.467 e. The number of rotatable bonds is 6. The molecule has 0 bridgehead atoms. The minimum atomic E-state index is -6.30. The summed E-state index contributed by atoms with van der Waals surface area (Å²) in [4.78, 5) is 26.9. The second kappa shape index (κ2) is 9.38. The molecule has 0 saturated carbocycles. The van der Waals surface area contributed by atoms with Crippen molar-refractivity contribution in [1.29, 1.82) is 0 Å². The van der Waals surface area contributed by atoms with E-state index in [4.69, 9.17) is 4.74 Å². The van der Waals surface area contributed by atoms with Gasteiger partial charge in [-0.1, -0.05) is 0 Å². The summed E-state index contributed by atoms with van der Waals surface area (Å²) in [5.74, 6) is -2.60. The van der Waals surface area contributed by atoms with Gasteiger partial charge in [0.2, 0.25) is 5.88 Å². The van der Waals surface area contributed by atoms with Gasteiger partial charge in [0.1, 0.15) is 11.6 Å². The van der Waals surface area contributed by atoms with Crippen molar-refractivity contribution in [2.24, 2.45) is 0 Å². The van der Waals surface area contributed by atoms with Gasteiger partial charge in [-0.3, -0.25) is 0 Å². The van der Waals surface area contributed by atoms with Crippen LogP contribution in [0.25, 0.3) is 0 Å². The molecule has 0 saturated heterocycles. The van der Waals surface area contributed by atoms with Crippen molar-refractivity contribution in [3.63, 3.8) is 0 Å². The van der Waals surface area contributed by atoms with E-state index in [1.54, 1.807) is 0 Å². The second-order valence-electron chi connectivity index (χ2n) is 7.10. The first-order chi connectivity index (χ1) is 14.3. The van der Waals surface area contributed by atoms with E-state index in [-0.39, 0.29) is 12.3 Å². The van der Waals surface area contributed by atoms with E-state index in [0.29, 0.717) is 0 Å². The first kappa shape index (κ1) is 27.3. The van der Waals surface area contributed by atoms with E-state index >= 15 is 0 Å². The Balaban J connectivity index is 3.42. The quantitative estimate of drug-likeness (QED) is 0.276. The Morgan fingerprint density at radius 2 is 1.69 bits per heavy atom. The molecule has 1 atom stereocenters. The van der Waals surface area contributed by atoms with Gasteiger partial charge in [0, 0.05) is 18.2 Å². The number of aromatic nitrogens is 1. The highest BCUT2D eigenvalue weighted by Gasteiger charge is 2.49. The number of amides is 1. The Kier molecular flexibility index (Phi) is 7.99. The van der Waals surface area contributed by atoms with Gasteiger partial charge in [-0.2, -0.15) is 34.8 Å². The lowest BCUT2D eigenvalue weighted by Crippen LogP contribution is -2.45. The van der Waals surface area contributed by atoms with Gasteiger partial charge in [0.05, 0.1) is 12.7 Å². The molecule has 0 radical (unpaired) electrons. The fourth-order valence-corrected chi connectivity index (χ4v) is 2.48. The number of pyridine rings is 1. The first-order valence-corrected chi connectivity index (χ1v) is 9.82. The molecule has 9 nitrogen and oxygen atoms in total. The molecule has 0 spiro atoms. The van der Waals surface area contributed by atoms with E-state index in [1.165, 1.54) is 20.8 Å². The lowest BCUT2D eigenvalue weighted by atomic mass is 10.1. The van der Waals surface area contributed by atoms with Crippen molar-refractivity contribution in [3.05, 3.63) is 23.4 Å². The maximum Gasteiger partial charge on any atom is 0.534 e. The van der Waals surface area contributed by atoms with Crippen LogP contribution in [0.2, 0.25) is 0 Å². The third-order valence-electron chi connectivity index (χ3n) is 3.33. The number of carbonyl (C=O) groups excluding carboxylic acids is 2. The number of ether oxygens (including phenoxy) is 2. The van der Waals surface area contributed by atoms with Crippen molar-refractivity contribution in [2.75, 3.05) is 7.11 Å². The molecular formula is C16H18F6N2O7S. The molecule has 0 aliphatic carbocycles. The van der Waals surface area contributed by atoms with E-state index in [1.807, 2.05) is 5.32 Å². The maximum atomic E-state index is 13.0.